The highest BCUT2D eigenvalue weighted by Gasteiger charge is 2.38. The Morgan fingerprint density at radius 1 is 1.14 bits per heavy atom. The Morgan fingerprint density at radius 2 is 1.95 bits per heavy atom. The van der Waals surface area contributed by atoms with Crippen molar-refractivity contribution in [3.8, 4) is 0 Å². The molecule has 0 bridgehead atoms. The van der Waals surface area contributed by atoms with Gasteiger partial charge in [-0.2, -0.15) is 10.3 Å². The number of hydrogen-bond acceptors (Lipinski definition) is 4. The fourth-order valence-corrected chi connectivity index (χ4v) is 4.13. The van der Waals surface area contributed by atoms with Gasteiger partial charge in [-0.3, -0.25) is 4.79 Å². The monoisotopic (exact) mass is 299 g/mol. The van der Waals surface area contributed by atoms with E-state index in [0.29, 0.717) is 22.1 Å². The number of pyridine rings is 1. The van der Waals surface area contributed by atoms with Gasteiger partial charge in [0.1, 0.15) is 5.52 Å². The van der Waals surface area contributed by atoms with Gasteiger partial charge in [-0.05, 0) is 37.2 Å². The zero-order chi connectivity index (χ0) is 15.0. The molecule has 0 aromatic carbocycles. The highest BCUT2D eigenvalue weighted by Crippen LogP contribution is 2.43. The van der Waals surface area contributed by atoms with E-state index in [9.17, 15) is 4.79 Å². The summed E-state index contributed by atoms with van der Waals surface area (Å²) in [6.45, 7) is 1.76. The number of hydrogen-bond donors (Lipinski definition) is 1. The summed E-state index contributed by atoms with van der Waals surface area (Å²) in [5.41, 5.74) is 2.20. The van der Waals surface area contributed by atoms with Crippen molar-refractivity contribution in [3.63, 3.8) is 0 Å². The first-order chi connectivity index (χ1) is 10.8. The molecule has 0 radical (unpaired) electrons. The summed E-state index contributed by atoms with van der Waals surface area (Å²) in [6, 6.07) is 1.79. The molecule has 1 saturated heterocycles. The average Bonchev–Trinajstić information content (AvgIpc) is 3.02. The van der Waals surface area contributed by atoms with E-state index >= 15 is 0 Å². The second-order valence-electron chi connectivity index (χ2n) is 6.78. The summed E-state index contributed by atoms with van der Waals surface area (Å²) in [7, 11) is 0. The van der Waals surface area contributed by atoms with Crippen LogP contribution in [0.5, 0.6) is 0 Å². The van der Waals surface area contributed by atoms with E-state index < -0.39 is 0 Å². The first-order valence-electron chi connectivity index (χ1n) is 8.22. The largest absolute Gasteiger partial charge is 0.338 e. The number of aromatic amines is 1. The Balaban J connectivity index is 1.56. The van der Waals surface area contributed by atoms with Gasteiger partial charge in [0.05, 0.1) is 5.56 Å². The third kappa shape index (κ3) is 2.36. The van der Waals surface area contributed by atoms with E-state index in [0.717, 1.165) is 19.5 Å². The number of amides is 1. The molecule has 0 atom stereocenters. The van der Waals surface area contributed by atoms with E-state index in [1.807, 2.05) is 4.90 Å². The molecule has 2 aromatic rings. The van der Waals surface area contributed by atoms with Crippen molar-refractivity contribution in [2.75, 3.05) is 13.1 Å². The molecule has 1 amide bonds. The fraction of sp³-hybridized carbons (Fsp3) is 0.625. The maximum atomic E-state index is 12.8. The van der Waals surface area contributed by atoms with E-state index in [-0.39, 0.29) is 5.91 Å². The number of fused-ring (bicyclic) bond motifs is 1. The number of nitrogens with one attached hydrogen (secondary N) is 1. The summed E-state index contributed by atoms with van der Waals surface area (Å²) >= 11 is 0. The Bertz CT molecular complexity index is 683. The topological polar surface area (TPSA) is 74.8 Å². The predicted molar refractivity (Wildman–Crippen MR) is 82.3 cm³/mol. The van der Waals surface area contributed by atoms with Crippen LogP contribution in [0.25, 0.3) is 11.2 Å². The SMILES string of the molecule is O=C(c1cnc2n[nH]nc2c1)N1CCCC2(CCCCC2)C1. The number of rotatable bonds is 1. The summed E-state index contributed by atoms with van der Waals surface area (Å²) < 4.78 is 0. The molecule has 1 aliphatic carbocycles. The van der Waals surface area contributed by atoms with Gasteiger partial charge in [-0.15, -0.1) is 5.10 Å². The van der Waals surface area contributed by atoms with Gasteiger partial charge in [0.2, 0.25) is 5.65 Å². The van der Waals surface area contributed by atoms with Gasteiger partial charge in [0.15, 0.2) is 0 Å². The van der Waals surface area contributed by atoms with Gasteiger partial charge in [0, 0.05) is 19.3 Å². The van der Waals surface area contributed by atoms with Crippen LogP contribution in [0, 0.1) is 5.41 Å². The van der Waals surface area contributed by atoms with Gasteiger partial charge < -0.3 is 4.90 Å². The van der Waals surface area contributed by atoms with Gasteiger partial charge >= 0.3 is 0 Å². The lowest BCUT2D eigenvalue weighted by Gasteiger charge is -2.45. The molecular weight excluding hydrogens is 278 g/mol. The Morgan fingerprint density at radius 3 is 2.82 bits per heavy atom. The molecule has 3 heterocycles. The van der Waals surface area contributed by atoms with Crippen LogP contribution in [0.4, 0.5) is 0 Å². The van der Waals surface area contributed by atoms with Crippen molar-refractivity contribution in [1.82, 2.24) is 25.3 Å². The van der Waals surface area contributed by atoms with E-state index in [4.69, 9.17) is 0 Å². The standard InChI is InChI=1S/C16H21N5O/c22-15(12-9-13-14(17-10-12)19-20-18-13)21-8-4-7-16(11-21)5-2-1-3-6-16/h9-10H,1-8,11H2,(H,17,18,19,20). The van der Waals surface area contributed by atoms with Crippen LogP contribution >= 0.6 is 0 Å². The smallest absolute Gasteiger partial charge is 0.255 e. The van der Waals surface area contributed by atoms with Crippen molar-refractivity contribution in [3.05, 3.63) is 17.8 Å². The number of carbonyl (C=O) groups is 1. The molecule has 2 aliphatic rings. The lowest BCUT2D eigenvalue weighted by Crippen LogP contribution is -2.47. The van der Waals surface area contributed by atoms with Gasteiger partial charge in [-0.25, -0.2) is 4.98 Å². The Hall–Kier alpha value is -1.98. The number of carbonyl (C=O) groups excluding carboxylic acids is 1. The summed E-state index contributed by atoms with van der Waals surface area (Å²) in [4.78, 5) is 19.1. The van der Waals surface area contributed by atoms with Crippen LogP contribution in [0.2, 0.25) is 0 Å². The quantitative estimate of drug-likeness (QED) is 0.878. The molecule has 116 valence electrons. The number of likely N-dealkylation sites (tertiary alicyclic amines) is 1. The number of H-pyrrole nitrogens is 1. The average molecular weight is 299 g/mol. The van der Waals surface area contributed by atoms with Crippen LogP contribution < -0.4 is 0 Å². The summed E-state index contributed by atoms with van der Waals surface area (Å²) in [6.07, 6.45) is 10.5. The van der Waals surface area contributed by atoms with Crippen molar-refractivity contribution >= 4 is 17.1 Å². The lowest BCUT2D eigenvalue weighted by molar-refractivity contribution is 0.0384. The third-order valence-electron chi connectivity index (χ3n) is 5.28. The summed E-state index contributed by atoms with van der Waals surface area (Å²) in [5.74, 6) is 0.0852. The first kappa shape index (κ1) is 13.7. The normalized spacial score (nSPS) is 21.4. The van der Waals surface area contributed by atoms with Crippen molar-refractivity contribution in [1.29, 1.82) is 0 Å². The molecule has 2 fully saturated rings. The van der Waals surface area contributed by atoms with E-state index in [2.05, 4.69) is 20.4 Å². The van der Waals surface area contributed by atoms with Gasteiger partial charge in [-0.1, -0.05) is 19.3 Å². The molecule has 0 unspecified atom stereocenters. The molecule has 22 heavy (non-hydrogen) atoms. The fourth-order valence-electron chi connectivity index (χ4n) is 4.13. The predicted octanol–water partition coefficient (Wildman–Crippen LogP) is 2.54. The minimum atomic E-state index is 0.0852. The Kier molecular flexibility index (Phi) is 3.32. The molecule has 1 spiro atoms. The molecule has 1 saturated carbocycles. The molecule has 1 N–H and O–H groups in total. The third-order valence-corrected chi connectivity index (χ3v) is 5.28. The van der Waals surface area contributed by atoms with Crippen LogP contribution in [0.1, 0.15) is 55.3 Å². The van der Waals surface area contributed by atoms with Crippen LogP contribution in [0.3, 0.4) is 0 Å². The first-order valence-corrected chi connectivity index (χ1v) is 8.22. The van der Waals surface area contributed by atoms with Crippen LogP contribution in [-0.2, 0) is 0 Å². The lowest BCUT2D eigenvalue weighted by atomic mass is 9.69. The Labute approximate surface area is 129 Å². The van der Waals surface area contributed by atoms with Crippen LogP contribution in [-0.4, -0.2) is 44.3 Å². The highest BCUT2D eigenvalue weighted by atomic mass is 16.2. The molecule has 6 heteroatoms. The molecule has 6 nitrogen and oxygen atoms in total. The minimum absolute atomic E-state index is 0.0852. The van der Waals surface area contributed by atoms with Crippen molar-refractivity contribution < 1.29 is 4.79 Å². The second-order valence-corrected chi connectivity index (χ2v) is 6.78. The molecule has 4 rings (SSSR count). The maximum Gasteiger partial charge on any atom is 0.255 e. The number of piperidine rings is 1. The zero-order valence-electron chi connectivity index (χ0n) is 12.7. The van der Waals surface area contributed by atoms with Gasteiger partial charge in [0.25, 0.3) is 5.91 Å². The molecular formula is C16H21N5O. The molecule has 2 aromatic heterocycles. The second kappa shape index (κ2) is 5.34. The zero-order valence-corrected chi connectivity index (χ0v) is 12.7. The number of aromatic nitrogens is 4. The summed E-state index contributed by atoms with van der Waals surface area (Å²) in [5, 5.41) is 10.5. The van der Waals surface area contributed by atoms with Crippen molar-refractivity contribution in [2.45, 2.75) is 44.9 Å². The molecule has 1 aliphatic heterocycles. The highest BCUT2D eigenvalue weighted by molar-refractivity contribution is 5.96. The maximum absolute atomic E-state index is 12.8. The van der Waals surface area contributed by atoms with E-state index in [1.165, 1.54) is 38.5 Å². The number of nitrogens with zero attached hydrogens (tertiary/aromatic N) is 4. The minimum Gasteiger partial charge on any atom is -0.338 e. The van der Waals surface area contributed by atoms with E-state index in [1.54, 1.807) is 12.3 Å². The van der Waals surface area contributed by atoms with Crippen LogP contribution in [0.15, 0.2) is 12.3 Å². The van der Waals surface area contributed by atoms with Crippen molar-refractivity contribution in [2.24, 2.45) is 5.41 Å².